The lowest BCUT2D eigenvalue weighted by Gasteiger charge is -2.24. The van der Waals surface area contributed by atoms with Crippen LogP contribution in [0, 0.1) is 0 Å². The summed E-state index contributed by atoms with van der Waals surface area (Å²) in [4.78, 5) is 3.99. The van der Waals surface area contributed by atoms with Crippen LogP contribution in [0.15, 0.2) is 73.1 Å². The summed E-state index contributed by atoms with van der Waals surface area (Å²) in [5.74, 6) is -0.276. The lowest BCUT2D eigenvalue weighted by Crippen LogP contribution is -2.31. The summed E-state index contributed by atoms with van der Waals surface area (Å²) in [6.07, 6.45) is -1.39. The average molecular weight is 436 g/mol. The van der Waals surface area contributed by atoms with Gasteiger partial charge in [0.2, 0.25) is 10.0 Å². The van der Waals surface area contributed by atoms with Gasteiger partial charge in [-0.25, -0.2) is 8.42 Å². The molecule has 0 radical (unpaired) electrons. The quantitative estimate of drug-likeness (QED) is 0.508. The fraction of sp³-hybridized carbons (Fsp3) is 0.190. The summed E-state index contributed by atoms with van der Waals surface area (Å²) in [6.45, 7) is 1.62. The third-order valence-corrected chi connectivity index (χ3v) is 6.04. The summed E-state index contributed by atoms with van der Waals surface area (Å²) in [7, 11) is -3.59. The van der Waals surface area contributed by atoms with Crippen LogP contribution in [0.5, 0.6) is 11.5 Å². The molecular formula is C21H19F3N2O3S. The van der Waals surface area contributed by atoms with E-state index in [9.17, 15) is 21.6 Å². The number of nitrogens with zero attached hydrogens (tertiary/aromatic N) is 2. The Bertz CT molecular complexity index is 1090. The van der Waals surface area contributed by atoms with Crippen molar-refractivity contribution in [2.45, 2.75) is 19.6 Å². The number of benzene rings is 2. The Morgan fingerprint density at radius 2 is 1.70 bits per heavy atom. The minimum Gasteiger partial charge on any atom is -0.457 e. The second-order valence-electron chi connectivity index (χ2n) is 6.36. The number of halogens is 3. The second-order valence-corrected chi connectivity index (χ2v) is 8.54. The largest absolute Gasteiger partial charge is 0.457 e. The number of anilines is 1. The molecule has 3 rings (SSSR count). The number of pyridine rings is 1. The normalized spacial score (nSPS) is 11.9. The fourth-order valence-corrected chi connectivity index (χ4v) is 3.86. The van der Waals surface area contributed by atoms with Gasteiger partial charge in [-0.1, -0.05) is 18.2 Å². The highest BCUT2D eigenvalue weighted by Crippen LogP contribution is 2.38. The first kappa shape index (κ1) is 21.6. The van der Waals surface area contributed by atoms with E-state index >= 15 is 0 Å². The fourth-order valence-electron chi connectivity index (χ4n) is 2.76. The maximum atomic E-state index is 13.1. The topological polar surface area (TPSA) is 59.5 Å². The van der Waals surface area contributed by atoms with Crippen LogP contribution in [0.1, 0.15) is 18.1 Å². The Balaban J connectivity index is 1.88. The third kappa shape index (κ3) is 5.10. The molecule has 3 aromatic rings. The molecular weight excluding hydrogens is 417 g/mol. The van der Waals surface area contributed by atoms with Crippen LogP contribution in [0.3, 0.4) is 0 Å². The molecule has 0 amide bonds. The number of ether oxygens (including phenoxy) is 1. The molecule has 0 unspecified atom stereocenters. The minimum atomic E-state index is -4.55. The van der Waals surface area contributed by atoms with E-state index in [1.807, 2.05) is 0 Å². The van der Waals surface area contributed by atoms with E-state index in [-0.39, 0.29) is 23.8 Å². The summed E-state index contributed by atoms with van der Waals surface area (Å²) in [5.41, 5.74) is 0.187. The van der Waals surface area contributed by atoms with Crippen LogP contribution in [0.25, 0.3) is 0 Å². The van der Waals surface area contributed by atoms with Gasteiger partial charge in [0.1, 0.15) is 11.5 Å². The van der Waals surface area contributed by atoms with Gasteiger partial charge < -0.3 is 4.74 Å². The molecule has 0 fully saturated rings. The maximum Gasteiger partial charge on any atom is 0.419 e. The zero-order valence-electron chi connectivity index (χ0n) is 16.0. The Morgan fingerprint density at radius 3 is 2.30 bits per heavy atom. The van der Waals surface area contributed by atoms with Crippen LogP contribution in [0.4, 0.5) is 18.9 Å². The number of hydrogen-bond acceptors (Lipinski definition) is 4. The van der Waals surface area contributed by atoms with Gasteiger partial charge in [-0.05, 0) is 55.0 Å². The number of para-hydroxylation sites is 1. The SMILES string of the molecule is CCS(=O)(=O)N(Cc1cccnc1)c1ccc(Oc2ccccc2C(F)(F)F)cc1. The monoisotopic (exact) mass is 436 g/mol. The molecule has 0 bridgehead atoms. The summed E-state index contributed by atoms with van der Waals surface area (Å²) in [6, 6.07) is 14.2. The van der Waals surface area contributed by atoms with Gasteiger partial charge in [0, 0.05) is 12.4 Å². The van der Waals surface area contributed by atoms with E-state index in [0.717, 1.165) is 6.07 Å². The van der Waals surface area contributed by atoms with Crippen LogP contribution >= 0.6 is 0 Å². The van der Waals surface area contributed by atoms with E-state index in [2.05, 4.69) is 4.98 Å². The van der Waals surface area contributed by atoms with Crippen molar-refractivity contribution in [3.05, 3.63) is 84.2 Å². The third-order valence-electron chi connectivity index (χ3n) is 4.29. The van der Waals surface area contributed by atoms with Crippen molar-refractivity contribution in [2.24, 2.45) is 0 Å². The van der Waals surface area contributed by atoms with E-state index in [1.165, 1.54) is 53.7 Å². The van der Waals surface area contributed by atoms with E-state index in [1.54, 1.807) is 24.5 Å². The number of rotatable bonds is 7. The van der Waals surface area contributed by atoms with Gasteiger partial charge in [0.05, 0.1) is 23.5 Å². The van der Waals surface area contributed by atoms with E-state index in [0.29, 0.717) is 11.3 Å². The molecule has 0 aliphatic heterocycles. The molecule has 1 heterocycles. The first-order valence-electron chi connectivity index (χ1n) is 9.04. The first-order valence-corrected chi connectivity index (χ1v) is 10.6. The maximum absolute atomic E-state index is 13.1. The van der Waals surface area contributed by atoms with Crippen molar-refractivity contribution in [3.63, 3.8) is 0 Å². The number of sulfonamides is 1. The average Bonchev–Trinajstić information content (AvgIpc) is 2.73. The molecule has 9 heteroatoms. The van der Waals surface area contributed by atoms with Crippen LogP contribution in [-0.2, 0) is 22.7 Å². The predicted molar refractivity (Wildman–Crippen MR) is 108 cm³/mol. The van der Waals surface area contributed by atoms with Crippen molar-refractivity contribution in [1.82, 2.24) is 4.98 Å². The molecule has 0 atom stereocenters. The van der Waals surface area contributed by atoms with Crippen molar-refractivity contribution < 1.29 is 26.3 Å². The summed E-state index contributed by atoms with van der Waals surface area (Å²) in [5, 5.41) is 0. The highest BCUT2D eigenvalue weighted by molar-refractivity contribution is 7.92. The minimum absolute atomic E-state index is 0.0844. The Hall–Kier alpha value is -3.07. The predicted octanol–water partition coefficient (Wildman–Crippen LogP) is 5.25. The Labute approximate surface area is 172 Å². The molecule has 0 aliphatic carbocycles. The lowest BCUT2D eigenvalue weighted by molar-refractivity contribution is -0.138. The number of aromatic nitrogens is 1. The lowest BCUT2D eigenvalue weighted by atomic mass is 10.2. The standard InChI is InChI=1S/C21H19F3N2O3S/c1-2-30(27,28)26(15-16-6-5-13-25-14-16)17-9-11-18(12-10-17)29-20-8-4-3-7-19(20)21(22,23)24/h3-14H,2,15H2,1H3. The number of alkyl halides is 3. The molecule has 0 spiro atoms. The van der Waals surface area contributed by atoms with Gasteiger partial charge >= 0.3 is 6.18 Å². The molecule has 5 nitrogen and oxygen atoms in total. The second kappa shape index (κ2) is 8.74. The highest BCUT2D eigenvalue weighted by atomic mass is 32.2. The molecule has 1 aromatic heterocycles. The molecule has 0 aliphatic rings. The van der Waals surface area contributed by atoms with E-state index in [4.69, 9.17) is 4.74 Å². The molecule has 0 saturated heterocycles. The van der Waals surface area contributed by atoms with E-state index < -0.39 is 21.8 Å². The zero-order chi connectivity index (χ0) is 21.8. The molecule has 2 aromatic carbocycles. The Morgan fingerprint density at radius 1 is 1.00 bits per heavy atom. The van der Waals surface area contributed by atoms with Gasteiger partial charge in [0.25, 0.3) is 0 Å². The molecule has 30 heavy (non-hydrogen) atoms. The van der Waals surface area contributed by atoms with Crippen LogP contribution < -0.4 is 9.04 Å². The van der Waals surface area contributed by atoms with Crippen LogP contribution in [-0.4, -0.2) is 19.2 Å². The number of hydrogen-bond donors (Lipinski definition) is 0. The molecule has 158 valence electrons. The van der Waals surface area contributed by atoms with Gasteiger partial charge in [-0.15, -0.1) is 0 Å². The smallest absolute Gasteiger partial charge is 0.419 e. The Kier molecular flexibility index (Phi) is 6.31. The summed E-state index contributed by atoms with van der Waals surface area (Å²) < 4.78 is 71.2. The van der Waals surface area contributed by atoms with Crippen molar-refractivity contribution in [3.8, 4) is 11.5 Å². The zero-order valence-corrected chi connectivity index (χ0v) is 16.8. The highest BCUT2D eigenvalue weighted by Gasteiger charge is 2.34. The van der Waals surface area contributed by atoms with Crippen molar-refractivity contribution >= 4 is 15.7 Å². The molecule has 0 N–H and O–H groups in total. The molecule has 0 saturated carbocycles. The van der Waals surface area contributed by atoms with Gasteiger partial charge in [-0.2, -0.15) is 13.2 Å². The van der Waals surface area contributed by atoms with Gasteiger partial charge in [-0.3, -0.25) is 9.29 Å². The van der Waals surface area contributed by atoms with Crippen LogP contribution in [0.2, 0.25) is 0 Å². The van der Waals surface area contributed by atoms with Crippen molar-refractivity contribution in [2.75, 3.05) is 10.1 Å². The summed E-state index contributed by atoms with van der Waals surface area (Å²) >= 11 is 0. The van der Waals surface area contributed by atoms with Crippen molar-refractivity contribution in [1.29, 1.82) is 0 Å². The van der Waals surface area contributed by atoms with Gasteiger partial charge in [0.15, 0.2) is 0 Å². The first-order chi connectivity index (χ1) is 14.2.